The summed E-state index contributed by atoms with van der Waals surface area (Å²) in [6.45, 7) is 4.97. The van der Waals surface area contributed by atoms with Gasteiger partial charge in [0.2, 0.25) is 0 Å². The Morgan fingerprint density at radius 2 is 1.76 bits per heavy atom. The molecule has 2 aliphatic heterocycles. The van der Waals surface area contributed by atoms with Gasteiger partial charge < -0.3 is 10.6 Å². The van der Waals surface area contributed by atoms with Crippen molar-refractivity contribution < 1.29 is 18.0 Å². The number of amides is 1. The quantitative estimate of drug-likeness (QED) is 0.622. The topological polar surface area (TPSA) is 116 Å². The van der Waals surface area contributed by atoms with Crippen LogP contribution in [0.3, 0.4) is 0 Å². The Kier molecular flexibility index (Phi) is 5.06. The molecule has 2 bridgehead atoms. The van der Waals surface area contributed by atoms with Gasteiger partial charge in [0.15, 0.2) is 11.4 Å². The third kappa shape index (κ3) is 3.48. The molecule has 0 spiro atoms. The summed E-state index contributed by atoms with van der Waals surface area (Å²) in [5, 5.41) is 8.20. The largest absolute Gasteiger partial charge is 0.435 e. The van der Waals surface area contributed by atoms with E-state index in [1.54, 1.807) is 19.1 Å². The van der Waals surface area contributed by atoms with Crippen LogP contribution in [0.25, 0.3) is 5.69 Å². The number of piperidine rings is 2. The fourth-order valence-electron chi connectivity index (χ4n) is 4.99. The monoisotopic (exact) mass is 472 g/mol. The SMILES string of the molecule is Cc1ccc(-n2nccn2)c(C(=O)N2C3CC(C3)[C@H](C)[C@@H]2c2nc(N)c(C)nc2C(F)(F)F)n1. The van der Waals surface area contributed by atoms with Crippen LogP contribution < -0.4 is 5.73 Å². The average molecular weight is 472 g/mol. The summed E-state index contributed by atoms with van der Waals surface area (Å²) in [4.78, 5) is 29.1. The van der Waals surface area contributed by atoms with Crippen molar-refractivity contribution in [1.82, 2.24) is 34.8 Å². The van der Waals surface area contributed by atoms with Crippen molar-refractivity contribution >= 4 is 11.7 Å². The van der Waals surface area contributed by atoms with Crippen molar-refractivity contribution in [3.63, 3.8) is 0 Å². The molecule has 178 valence electrons. The number of anilines is 1. The highest BCUT2D eigenvalue weighted by atomic mass is 19.4. The first-order valence-electron chi connectivity index (χ1n) is 10.9. The van der Waals surface area contributed by atoms with Crippen LogP contribution in [0, 0.1) is 25.7 Å². The number of fused-ring (bicyclic) bond motifs is 2. The second-order valence-corrected chi connectivity index (χ2v) is 8.97. The molecule has 3 aromatic rings. The number of aryl methyl sites for hydroxylation is 2. The standard InChI is InChI=1S/C22H23F3N8O/c1-10-4-5-15(33-27-6-7-28-33)16(29-10)21(34)32-14-8-13(9-14)11(2)18(32)17-19(22(23,24)25)30-12(3)20(26)31-17/h4-7,11,13-14,18H,8-9H2,1-3H3,(H2,26,31)/t11-,13?,14?,18+/m0/s1. The average Bonchev–Trinajstić information content (AvgIpc) is 3.27. The number of pyridine rings is 1. The second-order valence-electron chi connectivity index (χ2n) is 8.97. The molecule has 2 atom stereocenters. The summed E-state index contributed by atoms with van der Waals surface area (Å²) in [7, 11) is 0. The van der Waals surface area contributed by atoms with Crippen molar-refractivity contribution in [2.45, 2.75) is 51.9 Å². The van der Waals surface area contributed by atoms with Crippen molar-refractivity contribution in [2.24, 2.45) is 11.8 Å². The van der Waals surface area contributed by atoms with E-state index in [1.165, 1.54) is 29.0 Å². The fourth-order valence-corrected chi connectivity index (χ4v) is 4.99. The van der Waals surface area contributed by atoms with Gasteiger partial charge in [-0.05, 0) is 50.7 Å². The number of aromatic nitrogens is 6. The molecule has 5 heterocycles. The van der Waals surface area contributed by atoms with Gasteiger partial charge in [0.1, 0.15) is 11.5 Å². The molecule has 2 saturated heterocycles. The van der Waals surface area contributed by atoms with E-state index in [4.69, 9.17) is 5.73 Å². The minimum atomic E-state index is -4.75. The predicted molar refractivity (Wildman–Crippen MR) is 115 cm³/mol. The van der Waals surface area contributed by atoms with E-state index in [9.17, 15) is 18.0 Å². The number of hydrogen-bond acceptors (Lipinski definition) is 7. The van der Waals surface area contributed by atoms with Gasteiger partial charge in [-0.1, -0.05) is 6.92 Å². The van der Waals surface area contributed by atoms with E-state index >= 15 is 0 Å². The zero-order chi connectivity index (χ0) is 24.4. The van der Waals surface area contributed by atoms with Crippen molar-refractivity contribution in [3.05, 3.63) is 53.0 Å². The predicted octanol–water partition coefficient (Wildman–Crippen LogP) is 3.28. The molecule has 3 fully saturated rings. The highest BCUT2D eigenvalue weighted by Crippen LogP contribution is 2.53. The van der Waals surface area contributed by atoms with Crippen molar-refractivity contribution in [1.29, 1.82) is 0 Å². The second kappa shape index (κ2) is 7.74. The first kappa shape index (κ1) is 22.2. The summed E-state index contributed by atoms with van der Waals surface area (Å²) in [5.74, 6) is -0.674. The Balaban J connectivity index is 1.66. The van der Waals surface area contributed by atoms with Crippen LogP contribution in [0.2, 0.25) is 0 Å². The molecule has 6 rings (SSSR count). The van der Waals surface area contributed by atoms with Crippen LogP contribution in [0.15, 0.2) is 24.5 Å². The zero-order valence-electron chi connectivity index (χ0n) is 18.8. The number of carbonyl (C=O) groups excluding carboxylic acids is 1. The lowest BCUT2D eigenvalue weighted by atomic mass is 9.64. The number of nitrogen functional groups attached to an aromatic ring is 1. The third-order valence-electron chi connectivity index (χ3n) is 6.85. The van der Waals surface area contributed by atoms with Crippen LogP contribution in [0.5, 0.6) is 0 Å². The van der Waals surface area contributed by atoms with Gasteiger partial charge in [-0.3, -0.25) is 4.79 Å². The van der Waals surface area contributed by atoms with Crippen LogP contribution in [-0.4, -0.2) is 46.8 Å². The van der Waals surface area contributed by atoms with E-state index in [1.807, 2.05) is 6.92 Å². The van der Waals surface area contributed by atoms with E-state index in [0.29, 0.717) is 24.2 Å². The smallest absolute Gasteiger partial charge is 0.382 e. The zero-order valence-corrected chi connectivity index (χ0v) is 18.8. The minimum absolute atomic E-state index is 0.00466. The lowest BCUT2D eigenvalue weighted by Crippen LogP contribution is -2.59. The van der Waals surface area contributed by atoms with Gasteiger partial charge in [0.05, 0.1) is 29.8 Å². The van der Waals surface area contributed by atoms with Crippen LogP contribution in [-0.2, 0) is 6.18 Å². The molecule has 12 heteroatoms. The molecular formula is C22H23F3N8O. The molecule has 3 aromatic heterocycles. The number of rotatable bonds is 3. The Hall–Kier alpha value is -3.57. The number of halogens is 3. The number of nitrogens with two attached hydrogens (primary N) is 1. The maximum absolute atomic E-state index is 14.0. The number of alkyl halides is 3. The maximum atomic E-state index is 14.0. The summed E-state index contributed by atoms with van der Waals surface area (Å²) < 4.78 is 42.1. The lowest BCUT2D eigenvalue weighted by molar-refractivity contribution is -0.144. The molecule has 2 N–H and O–H groups in total. The molecule has 0 aromatic carbocycles. The van der Waals surface area contributed by atoms with Gasteiger partial charge in [0.25, 0.3) is 5.91 Å². The highest BCUT2D eigenvalue weighted by Gasteiger charge is 2.54. The van der Waals surface area contributed by atoms with Gasteiger partial charge >= 0.3 is 6.18 Å². The number of hydrogen-bond donors (Lipinski definition) is 1. The van der Waals surface area contributed by atoms with Crippen LogP contribution in [0.4, 0.5) is 19.0 Å². The maximum Gasteiger partial charge on any atom is 0.435 e. The van der Waals surface area contributed by atoms with Gasteiger partial charge in [-0.25, -0.2) is 15.0 Å². The van der Waals surface area contributed by atoms with Gasteiger partial charge in [-0.2, -0.15) is 23.4 Å². The van der Waals surface area contributed by atoms with Gasteiger partial charge in [0, 0.05) is 11.7 Å². The minimum Gasteiger partial charge on any atom is -0.382 e. The summed E-state index contributed by atoms with van der Waals surface area (Å²) in [5.41, 5.74) is 5.46. The Labute approximate surface area is 193 Å². The molecule has 1 saturated carbocycles. The summed E-state index contributed by atoms with van der Waals surface area (Å²) in [6.07, 6.45) is -0.391. The van der Waals surface area contributed by atoms with E-state index < -0.39 is 23.8 Å². The molecule has 0 radical (unpaired) electrons. The summed E-state index contributed by atoms with van der Waals surface area (Å²) in [6, 6.07) is 2.22. The third-order valence-corrected chi connectivity index (χ3v) is 6.85. The van der Waals surface area contributed by atoms with Crippen molar-refractivity contribution in [3.8, 4) is 5.69 Å². The Bertz CT molecular complexity index is 1250. The van der Waals surface area contributed by atoms with E-state index in [2.05, 4.69) is 25.1 Å². The molecule has 3 aliphatic rings. The normalized spacial score (nSPS) is 24.1. The molecule has 1 amide bonds. The van der Waals surface area contributed by atoms with E-state index in [-0.39, 0.29) is 40.8 Å². The first-order chi connectivity index (χ1) is 16.1. The van der Waals surface area contributed by atoms with E-state index in [0.717, 1.165) is 0 Å². The van der Waals surface area contributed by atoms with Crippen LogP contribution >= 0.6 is 0 Å². The molecule has 0 unspecified atom stereocenters. The highest BCUT2D eigenvalue weighted by molar-refractivity contribution is 5.96. The number of carbonyl (C=O) groups is 1. The summed E-state index contributed by atoms with van der Waals surface area (Å²) >= 11 is 0. The van der Waals surface area contributed by atoms with Gasteiger partial charge in [-0.15, -0.1) is 4.80 Å². The Morgan fingerprint density at radius 3 is 2.41 bits per heavy atom. The first-order valence-corrected chi connectivity index (χ1v) is 10.9. The van der Waals surface area contributed by atoms with Crippen molar-refractivity contribution in [2.75, 3.05) is 5.73 Å². The molecule has 9 nitrogen and oxygen atoms in total. The lowest BCUT2D eigenvalue weighted by Gasteiger charge is -2.57. The van der Waals surface area contributed by atoms with Crippen LogP contribution in [0.1, 0.15) is 59.1 Å². The fraction of sp³-hybridized carbons (Fsp3) is 0.455. The Morgan fingerprint density at radius 1 is 1.09 bits per heavy atom. The molecule has 1 aliphatic carbocycles. The molecular weight excluding hydrogens is 449 g/mol. The number of nitrogens with zero attached hydrogens (tertiary/aromatic N) is 7. The molecule has 34 heavy (non-hydrogen) atoms.